The highest BCUT2D eigenvalue weighted by atomic mass is 19.1. The highest BCUT2D eigenvalue weighted by Crippen LogP contribution is 2.24. The first-order valence-corrected chi connectivity index (χ1v) is 6.83. The molecule has 1 aromatic carbocycles. The van der Waals surface area contributed by atoms with E-state index in [0.29, 0.717) is 5.76 Å². The SMILES string of the molecule is COc1ccc2oc(/C=C/C#Cc3ccc(N)nc3F)cc2c1. The number of ether oxygens (including phenoxy) is 1. The number of halogens is 1. The summed E-state index contributed by atoms with van der Waals surface area (Å²) in [6, 6.07) is 10.4. The van der Waals surface area contributed by atoms with Gasteiger partial charge in [-0.3, -0.25) is 0 Å². The zero-order valence-electron chi connectivity index (χ0n) is 12.3. The number of allylic oxidation sites excluding steroid dienone is 1. The molecular formula is C18H13FN2O2. The van der Waals surface area contributed by atoms with Gasteiger partial charge in [-0.1, -0.05) is 11.8 Å². The molecule has 0 aliphatic heterocycles. The molecule has 0 spiro atoms. The van der Waals surface area contributed by atoms with Crippen molar-refractivity contribution in [3.8, 4) is 17.6 Å². The molecule has 4 nitrogen and oxygen atoms in total. The van der Waals surface area contributed by atoms with Crippen LogP contribution < -0.4 is 10.5 Å². The van der Waals surface area contributed by atoms with Crippen molar-refractivity contribution in [1.82, 2.24) is 4.98 Å². The number of rotatable bonds is 2. The third kappa shape index (κ3) is 3.33. The van der Waals surface area contributed by atoms with Crippen LogP contribution in [0.1, 0.15) is 11.3 Å². The van der Waals surface area contributed by atoms with E-state index in [0.717, 1.165) is 16.7 Å². The van der Waals surface area contributed by atoms with E-state index in [9.17, 15) is 4.39 Å². The summed E-state index contributed by atoms with van der Waals surface area (Å²) in [5, 5.41) is 0.936. The number of fused-ring (bicyclic) bond motifs is 1. The smallest absolute Gasteiger partial charge is 0.230 e. The molecule has 0 atom stereocenters. The summed E-state index contributed by atoms with van der Waals surface area (Å²) in [6.07, 6.45) is 3.30. The minimum atomic E-state index is -0.679. The fourth-order valence-corrected chi connectivity index (χ4v) is 2.04. The topological polar surface area (TPSA) is 61.3 Å². The Kier molecular flexibility index (Phi) is 3.98. The number of nitrogens with zero attached hydrogens (tertiary/aromatic N) is 1. The number of benzene rings is 1. The molecular weight excluding hydrogens is 295 g/mol. The number of pyridine rings is 1. The van der Waals surface area contributed by atoms with Crippen LogP contribution in [0.25, 0.3) is 17.0 Å². The maximum atomic E-state index is 13.5. The van der Waals surface area contributed by atoms with Crippen LogP contribution in [-0.2, 0) is 0 Å². The Balaban J connectivity index is 1.79. The minimum Gasteiger partial charge on any atom is -0.497 e. The summed E-state index contributed by atoms with van der Waals surface area (Å²) < 4.78 is 24.3. The Morgan fingerprint density at radius 3 is 2.91 bits per heavy atom. The van der Waals surface area contributed by atoms with Gasteiger partial charge in [0, 0.05) is 5.39 Å². The molecule has 3 rings (SSSR count). The van der Waals surface area contributed by atoms with Crippen molar-refractivity contribution in [1.29, 1.82) is 0 Å². The third-order valence-corrected chi connectivity index (χ3v) is 3.15. The van der Waals surface area contributed by atoms with Crippen LogP contribution in [-0.4, -0.2) is 12.1 Å². The molecule has 5 heteroatoms. The van der Waals surface area contributed by atoms with Crippen molar-refractivity contribution < 1.29 is 13.5 Å². The van der Waals surface area contributed by atoms with Crippen molar-refractivity contribution in [3.05, 3.63) is 59.7 Å². The second kappa shape index (κ2) is 6.24. The number of methoxy groups -OCH3 is 1. The lowest BCUT2D eigenvalue weighted by Gasteiger charge is -1.96. The van der Waals surface area contributed by atoms with Crippen molar-refractivity contribution >= 4 is 22.9 Å². The molecule has 23 heavy (non-hydrogen) atoms. The van der Waals surface area contributed by atoms with Gasteiger partial charge in [0.1, 0.15) is 22.9 Å². The molecule has 0 fully saturated rings. The van der Waals surface area contributed by atoms with E-state index in [1.54, 1.807) is 19.3 Å². The lowest BCUT2D eigenvalue weighted by Crippen LogP contribution is -1.94. The predicted octanol–water partition coefficient (Wildman–Crippen LogP) is 3.62. The van der Waals surface area contributed by atoms with Crippen LogP contribution in [0.15, 0.2) is 46.9 Å². The minimum absolute atomic E-state index is 0.126. The maximum absolute atomic E-state index is 13.5. The lowest BCUT2D eigenvalue weighted by molar-refractivity contribution is 0.415. The van der Waals surface area contributed by atoms with Crippen molar-refractivity contribution in [2.45, 2.75) is 0 Å². The standard InChI is InChI=1S/C18H13FN2O2/c1-22-14-7-8-16-13(10-14)11-15(23-16)5-3-2-4-12-6-9-17(20)21-18(12)19/h3,5-11H,1H3,(H2,20,21)/b5-3+. The predicted molar refractivity (Wildman–Crippen MR) is 87.3 cm³/mol. The van der Waals surface area contributed by atoms with Crippen LogP contribution in [0.2, 0.25) is 0 Å². The van der Waals surface area contributed by atoms with Crippen molar-refractivity contribution in [3.63, 3.8) is 0 Å². The van der Waals surface area contributed by atoms with Gasteiger partial charge < -0.3 is 14.9 Å². The van der Waals surface area contributed by atoms with Crippen LogP contribution in [0.4, 0.5) is 10.2 Å². The molecule has 3 aromatic rings. The Morgan fingerprint density at radius 2 is 2.13 bits per heavy atom. The summed E-state index contributed by atoms with van der Waals surface area (Å²) in [5.74, 6) is 6.27. The molecule has 0 radical (unpaired) electrons. The highest BCUT2D eigenvalue weighted by molar-refractivity contribution is 5.81. The van der Waals surface area contributed by atoms with Crippen LogP contribution in [0.3, 0.4) is 0 Å². The van der Waals surface area contributed by atoms with E-state index < -0.39 is 5.95 Å². The molecule has 114 valence electrons. The molecule has 0 amide bonds. The van der Waals surface area contributed by atoms with E-state index in [1.165, 1.54) is 12.1 Å². The number of anilines is 1. The number of hydrogen-bond donors (Lipinski definition) is 1. The number of nitrogens with two attached hydrogens (primary N) is 1. The van der Waals surface area contributed by atoms with Gasteiger partial charge in [0.2, 0.25) is 5.95 Å². The second-order valence-corrected chi connectivity index (χ2v) is 4.73. The molecule has 0 bridgehead atoms. The molecule has 2 aromatic heterocycles. The molecule has 0 aliphatic rings. The quantitative estimate of drug-likeness (QED) is 0.580. The van der Waals surface area contributed by atoms with Gasteiger partial charge in [-0.2, -0.15) is 4.39 Å². The summed E-state index contributed by atoms with van der Waals surface area (Å²) in [6.45, 7) is 0. The van der Waals surface area contributed by atoms with E-state index in [-0.39, 0.29) is 11.4 Å². The molecule has 0 saturated heterocycles. The Morgan fingerprint density at radius 1 is 1.26 bits per heavy atom. The number of aromatic nitrogens is 1. The average molecular weight is 308 g/mol. The fraction of sp³-hybridized carbons (Fsp3) is 0.0556. The number of furan rings is 1. The first-order chi connectivity index (χ1) is 11.2. The summed E-state index contributed by atoms with van der Waals surface area (Å²) in [7, 11) is 1.61. The summed E-state index contributed by atoms with van der Waals surface area (Å²) >= 11 is 0. The van der Waals surface area contributed by atoms with Gasteiger partial charge in [0.15, 0.2) is 0 Å². The van der Waals surface area contributed by atoms with Gasteiger partial charge in [0.05, 0.1) is 12.7 Å². The van der Waals surface area contributed by atoms with Gasteiger partial charge in [-0.15, -0.1) is 0 Å². The first kappa shape index (κ1) is 14.7. The monoisotopic (exact) mass is 308 g/mol. The lowest BCUT2D eigenvalue weighted by atomic mass is 10.2. The number of nitrogen functional groups attached to an aromatic ring is 1. The van der Waals surface area contributed by atoms with E-state index in [2.05, 4.69) is 16.8 Å². The van der Waals surface area contributed by atoms with Gasteiger partial charge in [0.25, 0.3) is 0 Å². The first-order valence-electron chi connectivity index (χ1n) is 6.83. The Hall–Kier alpha value is -3.26. The van der Waals surface area contributed by atoms with Gasteiger partial charge in [-0.05, 0) is 48.6 Å². The fourth-order valence-electron chi connectivity index (χ4n) is 2.04. The molecule has 0 aliphatic carbocycles. The van der Waals surface area contributed by atoms with Crippen LogP contribution in [0, 0.1) is 17.8 Å². The van der Waals surface area contributed by atoms with Gasteiger partial charge in [-0.25, -0.2) is 4.98 Å². The normalized spacial score (nSPS) is 10.7. The van der Waals surface area contributed by atoms with Crippen molar-refractivity contribution in [2.75, 3.05) is 12.8 Å². The average Bonchev–Trinajstić information content (AvgIpc) is 2.94. The largest absolute Gasteiger partial charge is 0.497 e. The Labute approximate surface area is 132 Å². The summed E-state index contributed by atoms with van der Waals surface area (Å²) in [4.78, 5) is 3.51. The van der Waals surface area contributed by atoms with E-state index >= 15 is 0 Å². The zero-order chi connectivity index (χ0) is 16.2. The third-order valence-electron chi connectivity index (χ3n) is 3.15. The maximum Gasteiger partial charge on any atom is 0.230 e. The Bertz CT molecular complexity index is 949. The molecule has 0 unspecified atom stereocenters. The van der Waals surface area contributed by atoms with Crippen molar-refractivity contribution in [2.24, 2.45) is 0 Å². The van der Waals surface area contributed by atoms with Crippen LogP contribution >= 0.6 is 0 Å². The zero-order valence-corrected chi connectivity index (χ0v) is 12.3. The van der Waals surface area contributed by atoms with Crippen LogP contribution in [0.5, 0.6) is 5.75 Å². The van der Waals surface area contributed by atoms with Gasteiger partial charge >= 0.3 is 0 Å². The molecule has 2 N–H and O–H groups in total. The summed E-state index contributed by atoms with van der Waals surface area (Å²) in [5.41, 5.74) is 6.33. The highest BCUT2D eigenvalue weighted by Gasteiger charge is 2.02. The molecule has 2 heterocycles. The second-order valence-electron chi connectivity index (χ2n) is 4.73. The molecule has 0 saturated carbocycles. The van der Waals surface area contributed by atoms with E-state index in [4.69, 9.17) is 14.9 Å². The van der Waals surface area contributed by atoms with E-state index in [1.807, 2.05) is 24.3 Å². The number of hydrogen-bond acceptors (Lipinski definition) is 4.